The molecule has 4 heteroatoms. The molecule has 2 rings (SSSR count). The Morgan fingerprint density at radius 2 is 2.00 bits per heavy atom. The maximum atomic E-state index is 12.1. The van der Waals surface area contributed by atoms with Crippen molar-refractivity contribution in [3.05, 3.63) is 29.8 Å². The summed E-state index contributed by atoms with van der Waals surface area (Å²) in [5, 5.41) is 0. The molecule has 0 amide bonds. The quantitative estimate of drug-likeness (QED) is 0.802. The molecule has 4 nitrogen and oxygen atoms in total. The minimum Gasteiger partial charge on any atom is -0.460 e. The summed E-state index contributed by atoms with van der Waals surface area (Å²) in [6.45, 7) is 6.98. The highest BCUT2D eigenvalue weighted by atomic mass is 16.6. The van der Waals surface area contributed by atoms with E-state index in [1.165, 1.54) is 0 Å². The smallest absolute Gasteiger partial charge is 0.308 e. The van der Waals surface area contributed by atoms with Crippen LogP contribution in [0, 0.1) is 0 Å². The van der Waals surface area contributed by atoms with Crippen LogP contribution in [0.4, 0.5) is 5.69 Å². The topological polar surface area (TPSA) is 46.6 Å². The largest absolute Gasteiger partial charge is 0.460 e. The first-order valence-corrected chi connectivity index (χ1v) is 7.46. The molecule has 0 bridgehead atoms. The van der Waals surface area contributed by atoms with Crippen LogP contribution >= 0.6 is 0 Å². The number of benzene rings is 1. The molecule has 0 saturated carbocycles. The number of anilines is 1. The van der Waals surface area contributed by atoms with Crippen molar-refractivity contribution in [1.29, 1.82) is 0 Å². The van der Waals surface area contributed by atoms with Gasteiger partial charge in [-0.05, 0) is 39.3 Å². The number of para-hydroxylation sites is 1. The predicted octanol–water partition coefficient (Wildman–Crippen LogP) is 3.20. The third kappa shape index (κ3) is 4.31. The van der Waals surface area contributed by atoms with E-state index in [4.69, 9.17) is 4.74 Å². The summed E-state index contributed by atoms with van der Waals surface area (Å²) in [6.07, 6.45) is 1.72. The van der Waals surface area contributed by atoms with Crippen LogP contribution in [-0.2, 0) is 9.53 Å². The molecule has 0 N–H and O–H groups in total. The highest BCUT2D eigenvalue weighted by molar-refractivity contribution is 6.02. The maximum Gasteiger partial charge on any atom is 0.308 e. The number of rotatable bonds is 3. The van der Waals surface area contributed by atoms with Crippen molar-refractivity contribution in [2.24, 2.45) is 0 Å². The minimum absolute atomic E-state index is 0.186. The van der Waals surface area contributed by atoms with Crippen molar-refractivity contribution < 1.29 is 14.3 Å². The molecule has 1 aliphatic heterocycles. The first-order valence-electron chi connectivity index (χ1n) is 7.46. The lowest BCUT2D eigenvalue weighted by atomic mass is 10.1. The number of fused-ring (bicyclic) bond motifs is 1. The SMILES string of the molecule is CC(C)(C)OC(=O)CCN1CCCC(=O)c2ccccc21. The van der Waals surface area contributed by atoms with E-state index < -0.39 is 5.60 Å². The van der Waals surface area contributed by atoms with Gasteiger partial charge in [-0.2, -0.15) is 0 Å². The molecule has 0 aliphatic carbocycles. The molecule has 0 radical (unpaired) electrons. The molecule has 1 aromatic carbocycles. The minimum atomic E-state index is -0.455. The van der Waals surface area contributed by atoms with E-state index in [1.807, 2.05) is 45.0 Å². The van der Waals surface area contributed by atoms with Crippen LogP contribution in [0.15, 0.2) is 24.3 Å². The van der Waals surface area contributed by atoms with Crippen LogP contribution in [-0.4, -0.2) is 30.4 Å². The van der Waals surface area contributed by atoms with Gasteiger partial charge in [-0.1, -0.05) is 12.1 Å². The van der Waals surface area contributed by atoms with Crippen LogP contribution < -0.4 is 4.90 Å². The third-order valence-corrected chi connectivity index (χ3v) is 3.38. The van der Waals surface area contributed by atoms with Gasteiger partial charge in [-0.15, -0.1) is 0 Å². The fourth-order valence-electron chi connectivity index (χ4n) is 2.52. The van der Waals surface area contributed by atoms with Crippen LogP contribution in [0.5, 0.6) is 0 Å². The Balaban J connectivity index is 2.05. The lowest BCUT2D eigenvalue weighted by Gasteiger charge is -2.25. The number of Topliss-reactive ketones (excluding diaryl/α,β-unsaturated/α-hetero) is 1. The number of nitrogens with zero attached hydrogens (tertiary/aromatic N) is 1. The molecule has 0 aromatic heterocycles. The third-order valence-electron chi connectivity index (χ3n) is 3.38. The highest BCUT2D eigenvalue weighted by Crippen LogP contribution is 2.26. The lowest BCUT2D eigenvalue weighted by molar-refractivity contribution is -0.154. The van der Waals surface area contributed by atoms with E-state index in [1.54, 1.807) is 0 Å². The normalized spacial score (nSPS) is 15.4. The van der Waals surface area contributed by atoms with E-state index in [-0.39, 0.29) is 11.8 Å². The van der Waals surface area contributed by atoms with Crippen LogP contribution in [0.3, 0.4) is 0 Å². The second kappa shape index (κ2) is 6.29. The summed E-state index contributed by atoms with van der Waals surface area (Å²) in [5.41, 5.74) is 1.24. The number of ether oxygens (including phenoxy) is 1. The molecular weight excluding hydrogens is 266 g/mol. The van der Waals surface area contributed by atoms with Gasteiger partial charge >= 0.3 is 5.97 Å². The first-order chi connectivity index (χ1) is 9.87. The molecule has 1 aliphatic rings. The lowest BCUT2D eigenvalue weighted by Crippen LogP contribution is -2.30. The van der Waals surface area contributed by atoms with Crippen molar-refractivity contribution >= 4 is 17.4 Å². The zero-order valence-electron chi connectivity index (χ0n) is 13.0. The Morgan fingerprint density at radius 1 is 1.29 bits per heavy atom. The molecule has 1 aromatic rings. The van der Waals surface area contributed by atoms with Gasteiger partial charge in [0.25, 0.3) is 0 Å². The van der Waals surface area contributed by atoms with Gasteiger partial charge in [0.05, 0.1) is 6.42 Å². The van der Waals surface area contributed by atoms with Gasteiger partial charge in [-0.3, -0.25) is 9.59 Å². The van der Waals surface area contributed by atoms with Gasteiger partial charge in [0, 0.05) is 30.8 Å². The fourth-order valence-corrected chi connectivity index (χ4v) is 2.52. The van der Waals surface area contributed by atoms with Gasteiger partial charge < -0.3 is 9.64 Å². The average Bonchev–Trinajstić information content (AvgIpc) is 2.55. The second-order valence-electron chi connectivity index (χ2n) is 6.37. The Morgan fingerprint density at radius 3 is 2.71 bits per heavy atom. The maximum absolute atomic E-state index is 12.1. The van der Waals surface area contributed by atoms with Crippen molar-refractivity contribution in [2.75, 3.05) is 18.0 Å². The van der Waals surface area contributed by atoms with E-state index in [0.29, 0.717) is 19.4 Å². The number of hydrogen-bond acceptors (Lipinski definition) is 4. The van der Waals surface area contributed by atoms with Crippen LogP contribution in [0.2, 0.25) is 0 Å². The summed E-state index contributed by atoms with van der Waals surface area (Å²) < 4.78 is 5.34. The molecule has 114 valence electrons. The number of ketones is 1. The Labute approximate surface area is 126 Å². The monoisotopic (exact) mass is 289 g/mol. The zero-order valence-corrected chi connectivity index (χ0v) is 13.0. The van der Waals surface area contributed by atoms with E-state index in [2.05, 4.69) is 4.90 Å². The molecule has 0 atom stereocenters. The van der Waals surface area contributed by atoms with E-state index in [9.17, 15) is 9.59 Å². The number of carbonyl (C=O) groups excluding carboxylic acids is 2. The molecule has 21 heavy (non-hydrogen) atoms. The van der Waals surface area contributed by atoms with E-state index in [0.717, 1.165) is 24.2 Å². The second-order valence-corrected chi connectivity index (χ2v) is 6.37. The molecule has 0 spiro atoms. The van der Waals surface area contributed by atoms with Crippen LogP contribution in [0.1, 0.15) is 50.4 Å². The molecule has 0 fully saturated rings. The van der Waals surface area contributed by atoms with Crippen molar-refractivity contribution in [1.82, 2.24) is 0 Å². The van der Waals surface area contributed by atoms with Gasteiger partial charge in [0.2, 0.25) is 0 Å². The first kappa shape index (κ1) is 15.5. The van der Waals surface area contributed by atoms with Crippen molar-refractivity contribution in [2.45, 2.75) is 45.6 Å². The summed E-state index contributed by atoms with van der Waals surface area (Å²) in [7, 11) is 0. The summed E-state index contributed by atoms with van der Waals surface area (Å²) >= 11 is 0. The predicted molar refractivity (Wildman–Crippen MR) is 82.7 cm³/mol. The standard InChI is InChI=1S/C17H23NO3/c1-17(2,3)21-16(20)10-12-18-11-6-9-15(19)13-7-4-5-8-14(13)18/h4-5,7-8H,6,9-12H2,1-3H3. The number of esters is 1. The highest BCUT2D eigenvalue weighted by Gasteiger charge is 2.22. The molecule has 0 unspecified atom stereocenters. The summed E-state index contributed by atoms with van der Waals surface area (Å²) in [4.78, 5) is 26.0. The van der Waals surface area contributed by atoms with E-state index >= 15 is 0 Å². The van der Waals surface area contributed by atoms with Crippen LogP contribution in [0.25, 0.3) is 0 Å². The average molecular weight is 289 g/mol. The van der Waals surface area contributed by atoms with Crippen molar-refractivity contribution in [3.63, 3.8) is 0 Å². The number of hydrogen-bond donors (Lipinski definition) is 0. The van der Waals surface area contributed by atoms with Gasteiger partial charge in [-0.25, -0.2) is 0 Å². The fraction of sp³-hybridized carbons (Fsp3) is 0.529. The zero-order chi connectivity index (χ0) is 15.5. The van der Waals surface area contributed by atoms with Crippen molar-refractivity contribution in [3.8, 4) is 0 Å². The molecule has 1 heterocycles. The summed E-state index contributed by atoms with van der Waals surface area (Å²) in [5.74, 6) is -0.0130. The number of carbonyl (C=O) groups is 2. The molecule has 0 saturated heterocycles. The Kier molecular flexibility index (Phi) is 4.66. The molecular formula is C17H23NO3. The van der Waals surface area contributed by atoms with Gasteiger partial charge in [0.15, 0.2) is 5.78 Å². The van der Waals surface area contributed by atoms with Gasteiger partial charge in [0.1, 0.15) is 5.60 Å². The summed E-state index contributed by atoms with van der Waals surface area (Å²) in [6, 6.07) is 7.63. The Bertz CT molecular complexity index is 531. The Hall–Kier alpha value is -1.84.